The van der Waals surface area contributed by atoms with E-state index in [0.717, 1.165) is 13.1 Å². The Morgan fingerprint density at radius 3 is 2.85 bits per heavy atom. The van der Waals surface area contributed by atoms with Gasteiger partial charge in [-0.2, -0.15) is 0 Å². The molecule has 1 heterocycles. The molecule has 0 radical (unpaired) electrons. The fraction of sp³-hybridized carbons (Fsp3) is 1.00. The first-order valence-electron chi connectivity index (χ1n) is 5.04. The molecule has 78 valence electrons. The first-order chi connectivity index (χ1) is 6.09. The van der Waals surface area contributed by atoms with Crippen molar-refractivity contribution in [2.75, 3.05) is 26.7 Å². The van der Waals surface area contributed by atoms with Crippen LogP contribution in [0.3, 0.4) is 0 Å². The largest absolute Gasteiger partial charge is 0.378 e. The van der Waals surface area contributed by atoms with Gasteiger partial charge in [-0.15, -0.1) is 0 Å². The lowest BCUT2D eigenvalue weighted by molar-refractivity contribution is -0.00240. The van der Waals surface area contributed by atoms with E-state index in [0.29, 0.717) is 13.0 Å². The average molecular weight is 189 g/mol. The summed E-state index contributed by atoms with van der Waals surface area (Å²) in [6.45, 7) is 6.23. The number of likely N-dealkylation sites (tertiary alicyclic amines) is 1. The van der Waals surface area contributed by atoms with Crippen LogP contribution in [0.25, 0.3) is 0 Å². The number of hydrogen-bond donors (Lipinski definition) is 0. The first-order valence-corrected chi connectivity index (χ1v) is 5.04. The van der Waals surface area contributed by atoms with Crippen LogP contribution < -0.4 is 0 Å². The van der Waals surface area contributed by atoms with Crippen molar-refractivity contribution in [2.45, 2.75) is 32.5 Å². The Morgan fingerprint density at radius 1 is 1.54 bits per heavy atom. The lowest BCUT2D eigenvalue weighted by Crippen LogP contribution is -2.41. The second-order valence-corrected chi connectivity index (χ2v) is 4.21. The van der Waals surface area contributed by atoms with E-state index in [-0.39, 0.29) is 12.0 Å². The molecule has 0 spiro atoms. The normalized spacial score (nSPS) is 31.2. The molecule has 0 N–H and O–H groups in total. The SMILES string of the molecule is CC(C)OCC1CN(C)CCC1F. The van der Waals surface area contributed by atoms with Gasteiger partial charge in [0.15, 0.2) is 0 Å². The molecular weight excluding hydrogens is 169 g/mol. The molecule has 3 heteroatoms. The molecule has 0 amide bonds. The Bertz CT molecular complexity index is 152. The first kappa shape index (κ1) is 10.9. The van der Waals surface area contributed by atoms with Crippen molar-refractivity contribution in [2.24, 2.45) is 5.92 Å². The molecule has 0 saturated carbocycles. The summed E-state index contributed by atoms with van der Waals surface area (Å²) in [5.74, 6) is 0.0705. The molecule has 2 atom stereocenters. The molecule has 1 rings (SSSR count). The monoisotopic (exact) mass is 189 g/mol. The molecule has 13 heavy (non-hydrogen) atoms. The Balaban J connectivity index is 2.29. The van der Waals surface area contributed by atoms with Crippen molar-refractivity contribution < 1.29 is 9.13 Å². The Hall–Kier alpha value is -0.150. The van der Waals surface area contributed by atoms with Crippen LogP contribution in [0.15, 0.2) is 0 Å². The summed E-state index contributed by atoms with van der Waals surface area (Å²) in [6.07, 6.45) is 0.192. The minimum Gasteiger partial charge on any atom is -0.378 e. The van der Waals surface area contributed by atoms with Crippen LogP contribution in [0.2, 0.25) is 0 Å². The molecule has 0 aliphatic carbocycles. The van der Waals surface area contributed by atoms with Gasteiger partial charge in [0.05, 0.1) is 12.7 Å². The number of nitrogens with zero attached hydrogens (tertiary/aromatic N) is 1. The predicted molar refractivity (Wildman–Crippen MR) is 51.6 cm³/mol. The van der Waals surface area contributed by atoms with Crippen LogP contribution in [-0.4, -0.2) is 43.9 Å². The third-order valence-electron chi connectivity index (χ3n) is 2.49. The smallest absolute Gasteiger partial charge is 0.108 e. The second-order valence-electron chi connectivity index (χ2n) is 4.21. The van der Waals surface area contributed by atoms with E-state index in [4.69, 9.17) is 4.74 Å². The molecule has 0 bridgehead atoms. The highest BCUT2D eigenvalue weighted by molar-refractivity contribution is 4.78. The molecular formula is C10H20FNO. The lowest BCUT2D eigenvalue weighted by atomic mass is 9.97. The van der Waals surface area contributed by atoms with Crippen LogP contribution in [0, 0.1) is 5.92 Å². The summed E-state index contributed by atoms with van der Waals surface area (Å²) in [4.78, 5) is 2.17. The molecule has 1 aliphatic rings. The van der Waals surface area contributed by atoms with E-state index < -0.39 is 6.17 Å². The molecule has 1 fully saturated rings. The summed E-state index contributed by atoms with van der Waals surface area (Å²) < 4.78 is 18.8. The number of alkyl halides is 1. The van der Waals surface area contributed by atoms with Gasteiger partial charge in [0.2, 0.25) is 0 Å². The van der Waals surface area contributed by atoms with E-state index in [9.17, 15) is 4.39 Å². The van der Waals surface area contributed by atoms with Gasteiger partial charge in [0.1, 0.15) is 6.17 Å². The maximum atomic E-state index is 13.4. The van der Waals surface area contributed by atoms with Gasteiger partial charge in [-0.05, 0) is 27.3 Å². The standard InChI is InChI=1S/C10H20FNO/c1-8(2)13-7-9-6-12(3)5-4-10(9)11/h8-10H,4-7H2,1-3H3. The fourth-order valence-corrected chi connectivity index (χ4v) is 1.66. The number of halogens is 1. The number of hydrogen-bond acceptors (Lipinski definition) is 2. The lowest BCUT2D eigenvalue weighted by Gasteiger charge is -2.32. The van der Waals surface area contributed by atoms with Gasteiger partial charge in [-0.1, -0.05) is 0 Å². The number of rotatable bonds is 3. The average Bonchev–Trinajstić information content (AvgIpc) is 2.06. The highest BCUT2D eigenvalue weighted by atomic mass is 19.1. The molecule has 2 nitrogen and oxygen atoms in total. The van der Waals surface area contributed by atoms with Crippen molar-refractivity contribution in [3.8, 4) is 0 Å². The Kier molecular flexibility index (Phi) is 4.13. The molecule has 1 saturated heterocycles. The van der Waals surface area contributed by atoms with Crippen LogP contribution in [0.5, 0.6) is 0 Å². The van der Waals surface area contributed by atoms with Crippen LogP contribution in [-0.2, 0) is 4.74 Å². The van der Waals surface area contributed by atoms with Crippen molar-refractivity contribution in [1.29, 1.82) is 0 Å². The third kappa shape index (κ3) is 3.61. The molecule has 0 aromatic rings. The molecule has 0 aromatic carbocycles. The van der Waals surface area contributed by atoms with Crippen LogP contribution >= 0.6 is 0 Å². The molecule has 1 aliphatic heterocycles. The van der Waals surface area contributed by atoms with E-state index in [1.54, 1.807) is 0 Å². The zero-order valence-electron chi connectivity index (χ0n) is 8.79. The van der Waals surface area contributed by atoms with Gasteiger partial charge in [-0.3, -0.25) is 0 Å². The number of ether oxygens (including phenoxy) is 1. The van der Waals surface area contributed by atoms with Crippen LogP contribution in [0.4, 0.5) is 4.39 Å². The predicted octanol–water partition coefficient (Wildman–Crippen LogP) is 1.70. The Morgan fingerprint density at radius 2 is 2.23 bits per heavy atom. The fourth-order valence-electron chi connectivity index (χ4n) is 1.66. The van der Waals surface area contributed by atoms with Gasteiger partial charge >= 0.3 is 0 Å². The van der Waals surface area contributed by atoms with E-state index in [1.807, 2.05) is 20.9 Å². The summed E-state index contributed by atoms with van der Waals surface area (Å²) in [5.41, 5.74) is 0. The van der Waals surface area contributed by atoms with Gasteiger partial charge in [-0.25, -0.2) is 4.39 Å². The maximum absolute atomic E-state index is 13.4. The summed E-state index contributed by atoms with van der Waals surface area (Å²) in [7, 11) is 2.04. The van der Waals surface area contributed by atoms with Crippen molar-refractivity contribution >= 4 is 0 Å². The highest BCUT2D eigenvalue weighted by Crippen LogP contribution is 2.19. The summed E-state index contributed by atoms with van der Waals surface area (Å²) >= 11 is 0. The van der Waals surface area contributed by atoms with Crippen molar-refractivity contribution in [3.05, 3.63) is 0 Å². The van der Waals surface area contributed by atoms with E-state index >= 15 is 0 Å². The zero-order valence-corrected chi connectivity index (χ0v) is 8.79. The molecule has 0 aromatic heterocycles. The molecule has 2 unspecified atom stereocenters. The topological polar surface area (TPSA) is 12.5 Å². The minimum absolute atomic E-state index is 0.0705. The summed E-state index contributed by atoms with van der Waals surface area (Å²) in [6, 6.07) is 0. The van der Waals surface area contributed by atoms with Gasteiger partial charge in [0.25, 0.3) is 0 Å². The van der Waals surface area contributed by atoms with Crippen molar-refractivity contribution in [3.63, 3.8) is 0 Å². The van der Waals surface area contributed by atoms with Crippen molar-refractivity contribution in [1.82, 2.24) is 4.90 Å². The Labute approximate surface area is 80.1 Å². The van der Waals surface area contributed by atoms with Gasteiger partial charge < -0.3 is 9.64 Å². The highest BCUT2D eigenvalue weighted by Gasteiger charge is 2.27. The second kappa shape index (κ2) is 4.91. The quantitative estimate of drug-likeness (QED) is 0.670. The minimum atomic E-state index is -0.671. The van der Waals surface area contributed by atoms with Gasteiger partial charge in [0, 0.05) is 19.0 Å². The van der Waals surface area contributed by atoms with E-state index in [2.05, 4.69) is 4.90 Å². The van der Waals surface area contributed by atoms with Crippen LogP contribution in [0.1, 0.15) is 20.3 Å². The van der Waals surface area contributed by atoms with E-state index in [1.165, 1.54) is 0 Å². The summed E-state index contributed by atoms with van der Waals surface area (Å²) in [5, 5.41) is 0. The maximum Gasteiger partial charge on any atom is 0.108 e. The third-order valence-corrected chi connectivity index (χ3v) is 2.49. The zero-order chi connectivity index (χ0) is 9.84. The number of piperidine rings is 1.